The Hall–Kier alpha value is -4.25. The van der Waals surface area contributed by atoms with E-state index >= 15 is 0 Å². The van der Waals surface area contributed by atoms with Crippen molar-refractivity contribution in [2.75, 3.05) is 16.0 Å². The Morgan fingerprint density at radius 2 is 2.00 bits per heavy atom. The van der Waals surface area contributed by atoms with Crippen molar-refractivity contribution < 1.29 is 14.5 Å². The molecule has 168 valence electrons. The third-order valence-corrected chi connectivity index (χ3v) is 5.26. The van der Waals surface area contributed by atoms with Crippen LogP contribution in [0.4, 0.5) is 28.8 Å². The topological polar surface area (TPSA) is 159 Å². The zero-order chi connectivity index (χ0) is 23.7. The molecule has 0 fully saturated rings. The largest absolute Gasteiger partial charge is 0.326 e. The van der Waals surface area contributed by atoms with E-state index in [0.717, 1.165) is 0 Å². The molecule has 0 saturated carbocycles. The normalized spacial score (nSPS) is 14.7. The molecule has 0 radical (unpaired) electrons. The third kappa shape index (κ3) is 4.67. The van der Waals surface area contributed by atoms with Gasteiger partial charge in [0.2, 0.25) is 17.8 Å². The Morgan fingerprint density at radius 1 is 1.21 bits per heavy atom. The summed E-state index contributed by atoms with van der Waals surface area (Å²) < 4.78 is 0. The highest BCUT2D eigenvalue weighted by atomic mass is 35.5. The standard InChI is InChI=1S/C21H17ClN6O5/c1-10-5-6-13(8-15(10)28(32)33)23-19(30)14-9-16(29)25-18-17(14)20(31)27-21(26-18)24-12-4-2-3-11(22)7-12/h2-8,14H,9H2,1H3,(H,23,30)(H3,24,25,26,27,29,31)/t14-/m1/s1. The van der Waals surface area contributed by atoms with Crippen molar-refractivity contribution in [1.82, 2.24) is 9.97 Å². The van der Waals surface area contributed by atoms with E-state index in [1.54, 1.807) is 31.2 Å². The van der Waals surface area contributed by atoms with E-state index in [2.05, 4.69) is 25.9 Å². The van der Waals surface area contributed by atoms with Gasteiger partial charge in [-0.1, -0.05) is 23.7 Å². The van der Waals surface area contributed by atoms with E-state index in [0.29, 0.717) is 16.3 Å². The SMILES string of the molecule is Cc1ccc(NC(=O)[C@@H]2CC(=O)Nc3nc(Nc4cccc(Cl)c4)[nH]c(=O)c32)cc1[N+](=O)[O-]. The fraction of sp³-hybridized carbons (Fsp3) is 0.143. The van der Waals surface area contributed by atoms with Gasteiger partial charge in [0.15, 0.2) is 0 Å². The lowest BCUT2D eigenvalue weighted by atomic mass is 9.92. The number of hydrogen-bond acceptors (Lipinski definition) is 7. The van der Waals surface area contributed by atoms with Crippen molar-refractivity contribution in [3.05, 3.63) is 79.1 Å². The highest BCUT2D eigenvalue weighted by Crippen LogP contribution is 2.31. The molecule has 3 aromatic rings. The number of H-pyrrole nitrogens is 1. The summed E-state index contributed by atoms with van der Waals surface area (Å²) in [5.74, 6) is -2.28. The van der Waals surface area contributed by atoms with Gasteiger partial charge in [0, 0.05) is 34.4 Å². The van der Waals surface area contributed by atoms with Crippen molar-refractivity contribution in [2.45, 2.75) is 19.3 Å². The van der Waals surface area contributed by atoms with Gasteiger partial charge in [0.25, 0.3) is 11.2 Å². The average Bonchev–Trinajstić information content (AvgIpc) is 2.74. The van der Waals surface area contributed by atoms with Gasteiger partial charge in [0.05, 0.1) is 16.4 Å². The zero-order valence-electron chi connectivity index (χ0n) is 17.1. The molecule has 33 heavy (non-hydrogen) atoms. The van der Waals surface area contributed by atoms with E-state index < -0.39 is 28.2 Å². The van der Waals surface area contributed by atoms with Crippen LogP contribution in [-0.2, 0) is 9.59 Å². The van der Waals surface area contributed by atoms with E-state index in [-0.39, 0.29) is 35.1 Å². The van der Waals surface area contributed by atoms with Crippen molar-refractivity contribution in [3.8, 4) is 0 Å². The molecule has 1 aromatic heterocycles. The van der Waals surface area contributed by atoms with Gasteiger partial charge < -0.3 is 16.0 Å². The van der Waals surface area contributed by atoms with Crippen molar-refractivity contribution >= 4 is 52.2 Å². The lowest BCUT2D eigenvalue weighted by molar-refractivity contribution is -0.385. The van der Waals surface area contributed by atoms with Gasteiger partial charge in [-0.05, 0) is 31.2 Å². The molecule has 0 unspecified atom stereocenters. The Morgan fingerprint density at radius 3 is 2.73 bits per heavy atom. The fourth-order valence-corrected chi connectivity index (χ4v) is 3.66. The first-order chi connectivity index (χ1) is 15.7. The molecule has 0 aliphatic carbocycles. The molecule has 0 bridgehead atoms. The summed E-state index contributed by atoms with van der Waals surface area (Å²) in [4.78, 5) is 55.4. The molecular weight excluding hydrogens is 452 g/mol. The number of aryl methyl sites for hydroxylation is 1. The number of halogens is 1. The van der Waals surface area contributed by atoms with Gasteiger partial charge in [0.1, 0.15) is 5.82 Å². The molecule has 1 aliphatic heterocycles. The predicted molar refractivity (Wildman–Crippen MR) is 122 cm³/mol. The van der Waals surface area contributed by atoms with Crippen LogP contribution in [0.5, 0.6) is 0 Å². The second-order valence-electron chi connectivity index (χ2n) is 7.36. The van der Waals surface area contributed by atoms with Crippen LogP contribution in [0.3, 0.4) is 0 Å². The number of hydrogen-bond donors (Lipinski definition) is 4. The Bertz CT molecular complexity index is 1360. The number of nitrogens with zero attached hydrogens (tertiary/aromatic N) is 2. The number of carbonyl (C=O) groups is 2. The molecule has 2 heterocycles. The summed E-state index contributed by atoms with van der Waals surface area (Å²) in [5, 5.41) is 19.6. The highest BCUT2D eigenvalue weighted by Gasteiger charge is 2.35. The molecule has 0 saturated heterocycles. The van der Waals surface area contributed by atoms with Crippen LogP contribution in [0.25, 0.3) is 0 Å². The summed E-state index contributed by atoms with van der Waals surface area (Å²) in [7, 11) is 0. The lowest BCUT2D eigenvalue weighted by Gasteiger charge is -2.23. The van der Waals surface area contributed by atoms with Crippen LogP contribution in [-0.4, -0.2) is 26.7 Å². The molecule has 1 atom stereocenters. The molecule has 1 aliphatic rings. The number of aromatic nitrogens is 2. The van der Waals surface area contributed by atoms with Crippen LogP contribution in [0.2, 0.25) is 5.02 Å². The lowest BCUT2D eigenvalue weighted by Crippen LogP contribution is -2.36. The predicted octanol–water partition coefficient (Wildman–Crippen LogP) is 3.45. The second-order valence-corrected chi connectivity index (χ2v) is 7.80. The number of fused-ring (bicyclic) bond motifs is 1. The first-order valence-electron chi connectivity index (χ1n) is 9.74. The third-order valence-electron chi connectivity index (χ3n) is 5.03. The van der Waals surface area contributed by atoms with Gasteiger partial charge in [-0.3, -0.25) is 29.5 Å². The molecule has 2 amide bonds. The van der Waals surface area contributed by atoms with Crippen LogP contribution >= 0.6 is 11.6 Å². The Kier molecular flexibility index (Phi) is 5.80. The molecular formula is C21H17ClN6O5. The van der Waals surface area contributed by atoms with Gasteiger partial charge >= 0.3 is 0 Å². The summed E-state index contributed by atoms with van der Waals surface area (Å²) in [6.45, 7) is 1.58. The van der Waals surface area contributed by atoms with Crippen LogP contribution in [0.1, 0.15) is 23.5 Å². The van der Waals surface area contributed by atoms with E-state index in [1.807, 2.05) is 0 Å². The highest BCUT2D eigenvalue weighted by molar-refractivity contribution is 6.30. The van der Waals surface area contributed by atoms with Gasteiger partial charge in [-0.25, -0.2) is 0 Å². The van der Waals surface area contributed by atoms with Gasteiger partial charge in [-0.2, -0.15) is 4.98 Å². The minimum atomic E-state index is -1.13. The van der Waals surface area contributed by atoms with E-state index in [9.17, 15) is 24.5 Å². The van der Waals surface area contributed by atoms with Crippen molar-refractivity contribution in [3.63, 3.8) is 0 Å². The monoisotopic (exact) mass is 468 g/mol. The number of amides is 2. The minimum absolute atomic E-state index is 0.00893. The number of nitrogens with one attached hydrogen (secondary N) is 4. The number of carbonyl (C=O) groups excluding carboxylic acids is 2. The molecule has 4 N–H and O–H groups in total. The Balaban J connectivity index is 1.63. The smallest absolute Gasteiger partial charge is 0.274 e. The maximum atomic E-state index is 12.9. The molecule has 2 aromatic carbocycles. The quantitative estimate of drug-likeness (QED) is 0.329. The van der Waals surface area contributed by atoms with Crippen LogP contribution in [0, 0.1) is 17.0 Å². The van der Waals surface area contributed by atoms with Crippen LogP contribution in [0.15, 0.2) is 47.3 Å². The molecule has 4 rings (SSSR count). The van der Waals surface area contributed by atoms with Gasteiger partial charge in [-0.15, -0.1) is 0 Å². The van der Waals surface area contributed by atoms with E-state index in [4.69, 9.17) is 11.6 Å². The number of nitro benzene ring substituents is 1. The first kappa shape index (κ1) is 22.0. The first-order valence-corrected chi connectivity index (χ1v) is 10.1. The number of rotatable bonds is 5. The average molecular weight is 469 g/mol. The van der Waals surface area contributed by atoms with E-state index in [1.165, 1.54) is 18.2 Å². The fourth-order valence-electron chi connectivity index (χ4n) is 3.47. The maximum absolute atomic E-state index is 12.9. The molecule has 12 heteroatoms. The number of anilines is 4. The van der Waals surface area contributed by atoms with Crippen LogP contribution < -0.4 is 21.5 Å². The summed E-state index contributed by atoms with van der Waals surface area (Å²) >= 11 is 5.96. The number of aromatic amines is 1. The Labute approximate surface area is 191 Å². The van der Waals surface area contributed by atoms with Crippen molar-refractivity contribution in [1.29, 1.82) is 0 Å². The maximum Gasteiger partial charge on any atom is 0.274 e. The van der Waals surface area contributed by atoms with Crippen molar-refractivity contribution in [2.24, 2.45) is 0 Å². The second kappa shape index (κ2) is 8.71. The number of benzene rings is 2. The summed E-state index contributed by atoms with van der Waals surface area (Å²) in [5.41, 5.74) is 0.382. The summed E-state index contributed by atoms with van der Waals surface area (Å²) in [6, 6.07) is 10.9. The zero-order valence-corrected chi connectivity index (χ0v) is 17.9. The summed E-state index contributed by atoms with van der Waals surface area (Å²) in [6.07, 6.45) is -0.279. The number of nitro groups is 1. The molecule has 11 nitrogen and oxygen atoms in total. The minimum Gasteiger partial charge on any atom is -0.326 e. The molecule has 0 spiro atoms.